The fourth-order valence-electron chi connectivity index (χ4n) is 8.72. The third-order valence-corrected chi connectivity index (χ3v) is 11.4. The fraction of sp³-hybridized carbons (Fsp3) is 0.0392. The van der Waals surface area contributed by atoms with Crippen molar-refractivity contribution in [3.63, 3.8) is 0 Å². The molecular weight excluding hydrogens is 687 g/mol. The lowest BCUT2D eigenvalue weighted by Gasteiger charge is -2.20. The second-order valence-corrected chi connectivity index (χ2v) is 14.7. The lowest BCUT2D eigenvalue weighted by molar-refractivity contribution is 0.669. The van der Waals surface area contributed by atoms with Gasteiger partial charge in [0.1, 0.15) is 22.3 Å². The van der Waals surface area contributed by atoms with E-state index in [-0.39, 0.29) is 0 Å². The van der Waals surface area contributed by atoms with Gasteiger partial charge in [0.15, 0.2) is 17.5 Å². The third kappa shape index (κ3) is 4.77. The normalized spacial score (nSPS) is 15.3. The number of furan rings is 2. The number of nitrogens with zero attached hydrogens (tertiary/aromatic N) is 3. The van der Waals surface area contributed by atoms with Crippen LogP contribution in [0.4, 0.5) is 0 Å². The summed E-state index contributed by atoms with van der Waals surface area (Å²) >= 11 is 0. The fourth-order valence-corrected chi connectivity index (χ4v) is 8.72. The van der Waals surface area contributed by atoms with Gasteiger partial charge in [-0.3, -0.25) is 0 Å². The summed E-state index contributed by atoms with van der Waals surface area (Å²) in [6.07, 6.45) is 14.0. The van der Waals surface area contributed by atoms with E-state index < -0.39 is 0 Å². The van der Waals surface area contributed by atoms with Gasteiger partial charge in [0, 0.05) is 44.2 Å². The molecule has 1 unspecified atom stereocenters. The van der Waals surface area contributed by atoms with Gasteiger partial charge in [0.25, 0.3) is 0 Å². The second-order valence-electron chi connectivity index (χ2n) is 14.7. The summed E-state index contributed by atoms with van der Waals surface area (Å²) in [6.45, 7) is 0. The van der Waals surface area contributed by atoms with E-state index in [1.54, 1.807) is 0 Å². The van der Waals surface area contributed by atoms with Crippen molar-refractivity contribution in [2.45, 2.75) is 6.42 Å². The summed E-state index contributed by atoms with van der Waals surface area (Å²) in [4.78, 5) is 15.9. The first-order valence-electron chi connectivity index (χ1n) is 19.0. The molecule has 0 bridgehead atoms. The van der Waals surface area contributed by atoms with Crippen LogP contribution in [-0.2, 0) is 0 Å². The van der Waals surface area contributed by atoms with Gasteiger partial charge < -0.3 is 8.83 Å². The van der Waals surface area contributed by atoms with Gasteiger partial charge >= 0.3 is 0 Å². The maximum Gasteiger partial charge on any atom is 0.167 e. The molecule has 0 N–H and O–H groups in total. The Morgan fingerprint density at radius 2 is 1.21 bits per heavy atom. The van der Waals surface area contributed by atoms with Crippen molar-refractivity contribution in [3.8, 4) is 33.9 Å². The minimum Gasteiger partial charge on any atom is -0.455 e. The highest BCUT2D eigenvalue weighted by Crippen LogP contribution is 2.43. The van der Waals surface area contributed by atoms with E-state index in [1.165, 1.54) is 16.3 Å². The van der Waals surface area contributed by atoms with Crippen molar-refractivity contribution in [1.29, 1.82) is 0 Å². The Labute approximate surface area is 321 Å². The highest BCUT2D eigenvalue weighted by Gasteiger charge is 2.24. The van der Waals surface area contributed by atoms with E-state index in [4.69, 9.17) is 23.8 Å². The monoisotopic (exact) mass is 717 g/mol. The highest BCUT2D eigenvalue weighted by atomic mass is 16.3. The first kappa shape index (κ1) is 31.0. The maximum absolute atomic E-state index is 6.75. The molecule has 0 spiro atoms. The first-order chi connectivity index (χ1) is 27.7. The van der Waals surface area contributed by atoms with Crippen molar-refractivity contribution in [3.05, 3.63) is 181 Å². The molecule has 0 radical (unpaired) electrons. The van der Waals surface area contributed by atoms with E-state index in [0.717, 1.165) is 88.9 Å². The van der Waals surface area contributed by atoms with Crippen LogP contribution in [0, 0.1) is 5.92 Å². The quantitative estimate of drug-likeness (QED) is 0.181. The number of fused-ring (bicyclic) bond motifs is 10. The molecule has 3 aromatic heterocycles. The van der Waals surface area contributed by atoms with Gasteiger partial charge in [0.2, 0.25) is 0 Å². The van der Waals surface area contributed by atoms with Crippen molar-refractivity contribution in [2.75, 3.05) is 0 Å². The van der Waals surface area contributed by atoms with Crippen LogP contribution in [0.3, 0.4) is 0 Å². The Hall–Kier alpha value is -7.37. The lowest BCUT2D eigenvalue weighted by Crippen LogP contribution is -2.08. The van der Waals surface area contributed by atoms with Crippen LogP contribution in [0.2, 0.25) is 0 Å². The molecule has 3 heterocycles. The molecule has 5 nitrogen and oxygen atoms in total. The maximum atomic E-state index is 6.75. The molecule has 0 amide bonds. The van der Waals surface area contributed by atoms with Gasteiger partial charge in [-0.25, -0.2) is 15.0 Å². The van der Waals surface area contributed by atoms with E-state index in [9.17, 15) is 0 Å². The minimum atomic E-state index is 0.350. The lowest BCUT2D eigenvalue weighted by atomic mass is 9.85. The number of benzene rings is 7. The molecule has 0 saturated heterocycles. The largest absolute Gasteiger partial charge is 0.455 e. The van der Waals surface area contributed by atoms with Crippen LogP contribution in [0.1, 0.15) is 12.2 Å². The molecule has 0 saturated carbocycles. The van der Waals surface area contributed by atoms with Crippen LogP contribution in [0.5, 0.6) is 0 Å². The average molecular weight is 718 g/mol. The molecule has 12 rings (SSSR count). The molecule has 1 atom stereocenters. The zero-order chi connectivity index (χ0) is 36.7. The van der Waals surface area contributed by atoms with Gasteiger partial charge in [-0.1, -0.05) is 140 Å². The van der Waals surface area contributed by atoms with Crippen molar-refractivity contribution < 1.29 is 8.83 Å². The van der Waals surface area contributed by atoms with Crippen LogP contribution in [0.25, 0.3) is 105 Å². The number of hydrogen-bond acceptors (Lipinski definition) is 5. The molecule has 7 aromatic carbocycles. The Morgan fingerprint density at radius 1 is 0.500 bits per heavy atom. The Bertz CT molecular complexity index is 3410. The Morgan fingerprint density at radius 3 is 2.14 bits per heavy atom. The summed E-state index contributed by atoms with van der Waals surface area (Å²) in [5, 5.41) is 8.72. The van der Waals surface area contributed by atoms with Gasteiger partial charge in [-0.05, 0) is 69.4 Å². The summed E-state index contributed by atoms with van der Waals surface area (Å²) in [5.41, 5.74) is 9.28. The molecular formula is C51H31N3O2. The minimum absolute atomic E-state index is 0.350. The number of allylic oxidation sites excluding steroid dienone is 8. The van der Waals surface area contributed by atoms with Crippen LogP contribution in [0.15, 0.2) is 184 Å². The summed E-state index contributed by atoms with van der Waals surface area (Å²) in [6, 6.07) is 46.4. The van der Waals surface area contributed by atoms with Crippen molar-refractivity contribution in [1.82, 2.24) is 15.0 Å². The molecule has 5 heteroatoms. The zero-order valence-corrected chi connectivity index (χ0v) is 30.1. The van der Waals surface area contributed by atoms with Crippen molar-refractivity contribution >= 4 is 71.0 Å². The Balaban J connectivity index is 1.11. The molecule has 2 aliphatic rings. The van der Waals surface area contributed by atoms with E-state index in [2.05, 4.69) is 146 Å². The Kier molecular flexibility index (Phi) is 6.69. The van der Waals surface area contributed by atoms with Gasteiger partial charge in [0.05, 0.1) is 5.56 Å². The molecule has 262 valence electrons. The molecule has 0 aliphatic heterocycles. The first-order valence-corrected chi connectivity index (χ1v) is 19.0. The SMILES string of the molecule is C1=CC2=CC(c3nc(-c4cc5ccccc5c5c4oc4ccccc45)nc(-c4cccc5oc6c(-c7ccc8ccccc8c7)cccc6c45)n3)=CCC2C=C1. The zero-order valence-electron chi connectivity index (χ0n) is 30.1. The van der Waals surface area contributed by atoms with Crippen LogP contribution in [-0.4, -0.2) is 15.0 Å². The third-order valence-electron chi connectivity index (χ3n) is 11.4. The van der Waals surface area contributed by atoms with E-state index >= 15 is 0 Å². The number of rotatable bonds is 4. The molecule has 56 heavy (non-hydrogen) atoms. The van der Waals surface area contributed by atoms with Crippen LogP contribution >= 0.6 is 0 Å². The standard InChI is InChI=1S/C51H31N3O2/c1-3-13-32-27-35(25-23-30(32)11-1)38-18-9-19-40-45-41(20-10-22-44(45)56-47(38)40)50-52-49(36-26-24-31-12-2-4-14-33(31)28-36)53-51(54-50)42-29-34-15-5-6-16-37(34)46-39-17-7-8-21-43(39)55-48(42)46/h1-23,25-29,31H,24H2. The van der Waals surface area contributed by atoms with Crippen LogP contribution < -0.4 is 0 Å². The van der Waals surface area contributed by atoms with E-state index in [0.29, 0.717) is 23.4 Å². The average Bonchev–Trinajstić information content (AvgIpc) is 3.85. The summed E-state index contributed by atoms with van der Waals surface area (Å²) in [7, 11) is 0. The predicted octanol–water partition coefficient (Wildman–Crippen LogP) is 13.4. The van der Waals surface area contributed by atoms with Gasteiger partial charge in [-0.2, -0.15) is 0 Å². The number of para-hydroxylation sites is 2. The second kappa shape index (κ2) is 12.1. The number of aromatic nitrogens is 3. The topological polar surface area (TPSA) is 65.0 Å². The molecule has 0 fully saturated rings. The van der Waals surface area contributed by atoms with E-state index in [1.807, 2.05) is 24.3 Å². The molecule has 2 aliphatic carbocycles. The van der Waals surface area contributed by atoms with Gasteiger partial charge in [-0.15, -0.1) is 0 Å². The summed E-state index contributed by atoms with van der Waals surface area (Å²) < 4.78 is 13.4. The predicted molar refractivity (Wildman–Crippen MR) is 228 cm³/mol. The highest BCUT2D eigenvalue weighted by molar-refractivity contribution is 6.22. The molecule has 10 aromatic rings. The summed E-state index contributed by atoms with van der Waals surface area (Å²) in [5.74, 6) is 2.11. The smallest absolute Gasteiger partial charge is 0.167 e. The van der Waals surface area contributed by atoms with Crippen molar-refractivity contribution in [2.24, 2.45) is 5.92 Å². The number of hydrogen-bond donors (Lipinski definition) is 0.